The molecule has 0 N–H and O–H groups in total. The fourth-order valence-electron chi connectivity index (χ4n) is 4.07. The molecule has 1 unspecified atom stereocenters. The van der Waals surface area contributed by atoms with Crippen molar-refractivity contribution >= 4 is 22.5 Å². The molecule has 0 radical (unpaired) electrons. The number of hydrogen-bond donors (Lipinski definition) is 0. The molecule has 38 heavy (non-hydrogen) atoms. The zero-order chi connectivity index (χ0) is 28.5. The van der Waals surface area contributed by atoms with Crippen molar-refractivity contribution in [2.45, 2.75) is 32.9 Å². The van der Waals surface area contributed by atoms with Crippen molar-refractivity contribution < 1.29 is 31.5 Å². The summed E-state index contributed by atoms with van der Waals surface area (Å²) >= 11 is 0. The molecular formula is C26H27F5N4O3. The highest BCUT2D eigenvalue weighted by molar-refractivity contribution is 5.96. The van der Waals surface area contributed by atoms with Crippen LogP contribution in [0.15, 0.2) is 47.4 Å². The number of para-hydroxylation sites is 1. The van der Waals surface area contributed by atoms with Crippen LogP contribution in [0.1, 0.15) is 31.0 Å². The Morgan fingerprint density at radius 2 is 1.84 bits per heavy atom. The number of aromatic nitrogens is 2. The Balaban J connectivity index is 2.32. The zero-order valence-corrected chi connectivity index (χ0v) is 21.5. The van der Waals surface area contributed by atoms with Gasteiger partial charge >= 0.3 is 12.2 Å². The summed E-state index contributed by atoms with van der Waals surface area (Å²) in [5, 5.41) is 3.14. The highest BCUT2D eigenvalue weighted by Gasteiger charge is 2.40. The Labute approximate surface area is 215 Å². The third-order valence-electron chi connectivity index (χ3n) is 6.18. The van der Waals surface area contributed by atoms with Crippen molar-refractivity contribution in [1.29, 1.82) is 0 Å². The van der Waals surface area contributed by atoms with Crippen molar-refractivity contribution in [3.8, 4) is 5.69 Å². The Morgan fingerprint density at radius 1 is 1.18 bits per heavy atom. The third kappa shape index (κ3) is 5.26. The van der Waals surface area contributed by atoms with E-state index in [1.807, 2.05) is 0 Å². The first-order valence-corrected chi connectivity index (χ1v) is 11.5. The lowest BCUT2D eigenvalue weighted by molar-refractivity contribution is -0.147. The Kier molecular flexibility index (Phi) is 8.25. The van der Waals surface area contributed by atoms with E-state index >= 15 is 4.39 Å². The van der Waals surface area contributed by atoms with Crippen LogP contribution >= 0.6 is 0 Å². The van der Waals surface area contributed by atoms with E-state index in [-0.39, 0.29) is 41.2 Å². The summed E-state index contributed by atoms with van der Waals surface area (Å²) in [6.07, 6.45) is -4.79. The van der Waals surface area contributed by atoms with Crippen LogP contribution in [-0.4, -0.2) is 54.2 Å². The van der Waals surface area contributed by atoms with Crippen LogP contribution in [-0.2, 0) is 4.74 Å². The Hall–Kier alpha value is -3.80. The Morgan fingerprint density at radius 3 is 2.39 bits per heavy atom. The maximum atomic E-state index is 15.4. The molecule has 0 saturated heterocycles. The van der Waals surface area contributed by atoms with Gasteiger partial charge in [-0.3, -0.25) is 14.6 Å². The average molecular weight is 539 g/mol. The molecule has 3 rings (SSSR count). The standard InChI is InChI=1S/C26H27F5N4O3/c1-7-34(15(3)13-38-6)25(37)33(5)21-12-17-18(11-20(21)28)24(36)35(23-14(2)9-8-10-19(23)27)32-22(17)16(4)26(29,30)31/h8-12,16H,3,7,13H2,1-2,4-6H3. The third-order valence-corrected chi connectivity index (χ3v) is 6.18. The summed E-state index contributed by atoms with van der Waals surface area (Å²) < 4.78 is 77.2. The summed E-state index contributed by atoms with van der Waals surface area (Å²) in [7, 11) is 2.64. The van der Waals surface area contributed by atoms with E-state index in [0.29, 0.717) is 4.68 Å². The van der Waals surface area contributed by atoms with E-state index in [2.05, 4.69) is 11.7 Å². The predicted molar refractivity (Wildman–Crippen MR) is 134 cm³/mol. The molecule has 204 valence electrons. The molecule has 0 aliphatic heterocycles. The monoisotopic (exact) mass is 538 g/mol. The maximum Gasteiger partial charge on any atom is 0.397 e. The van der Waals surface area contributed by atoms with Gasteiger partial charge in [0.2, 0.25) is 0 Å². The molecule has 0 bridgehead atoms. The number of amides is 2. The van der Waals surface area contributed by atoms with Gasteiger partial charge in [0.1, 0.15) is 17.3 Å². The van der Waals surface area contributed by atoms with Gasteiger partial charge in [0.25, 0.3) is 5.56 Å². The van der Waals surface area contributed by atoms with Crippen LogP contribution in [0.3, 0.4) is 0 Å². The highest BCUT2D eigenvalue weighted by atomic mass is 19.4. The summed E-state index contributed by atoms with van der Waals surface area (Å²) in [5.74, 6) is -4.15. The van der Waals surface area contributed by atoms with E-state index in [0.717, 1.165) is 30.0 Å². The minimum Gasteiger partial charge on any atom is -0.378 e. The Bertz CT molecular complexity index is 1430. The molecule has 1 heterocycles. The fourth-order valence-corrected chi connectivity index (χ4v) is 4.07. The van der Waals surface area contributed by atoms with Gasteiger partial charge in [-0.25, -0.2) is 13.6 Å². The molecule has 1 atom stereocenters. The first kappa shape index (κ1) is 28.8. The van der Waals surface area contributed by atoms with Crippen LogP contribution in [0.5, 0.6) is 0 Å². The number of carbonyl (C=O) groups excluding carboxylic acids is 1. The maximum absolute atomic E-state index is 15.4. The van der Waals surface area contributed by atoms with Gasteiger partial charge in [-0.1, -0.05) is 18.7 Å². The van der Waals surface area contributed by atoms with Gasteiger partial charge in [-0.05, 0) is 44.5 Å². The van der Waals surface area contributed by atoms with Crippen LogP contribution in [0.25, 0.3) is 16.5 Å². The van der Waals surface area contributed by atoms with E-state index in [9.17, 15) is 27.2 Å². The summed E-state index contributed by atoms with van der Waals surface area (Å²) in [4.78, 5) is 28.5. The number of likely N-dealkylation sites (N-methyl/N-ethyl adjacent to an activating group) is 1. The van der Waals surface area contributed by atoms with Gasteiger partial charge in [0.05, 0.1) is 29.3 Å². The van der Waals surface area contributed by atoms with E-state index in [4.69, 9.17) is 4.74 Å². The molecule has 0 aliphatic carbocycles. The minimum absolute atomic E-state index is 0.0137. The molecule has 12 heteroatoms. The second kappa shape index (κ2) is 10.9. The largest absolute Gasteiger partial charge is 0.397 e. The van der Waals surface area contributed by atoms with Crippen molar-refractivity contribution in [2.24, 2.45) is 0 Å². The number of methoxy groups -OCH3 is 1. The summed E-state index contributed by atoms with van der Waals surface area (Å²) in [6, 6.07) is 4.86. The number of hydrogen-bond acceptors (Lipinski definition) is 4. The van der Waals surface area contributed by atoms with Crippen molar-refractivity contribution in [3.63, 3.8) is 0 Å². The van der Waals surface area contributed by atoms with Crippen molar-refractivity contribution in [2.75, 3.05) is 32.2 Å². The molecule has 2 aromatic carbocycles. The lowest BCUT2D eigenvalue weighted by Gasteiger charge is -2.29. The molecule has 0 fully saturated rings. The lowest BCUT2D eigenvalue weighted by atomic mass is 10.00. The molecule has 0 saturated carbocycles. The molecule has 0 aliphatic rings. The molecule has 0 spiro atoms. The quantitative estimate of drug-likeness (QED) is 0.363. The predicted octanol–water partition coefficient (Wildman–Crippen LogP) is 5.68. The first-order chi connectivity index (χ1) is 17.7. The minimum atomic E-state index is -4.79. The van der Waals surface area contributed by atoms with Crippen LogP contribution in [0, 0.1) is 18.6 Å². The molecule has 7 nitrogen and oxygen atoms in total. The highest BCUT2D eigenvalue weighted by Crippen LogP contribution is 2.38. The van der Waals surface area contributed by atoms with E-state index < -0.39 is 46.4 Å². The lowest BCUT2D eigenvalue weighted by Crippen LogP contribution is -2.41. The normalized spacial score (nSPS) is 12.5. The molecule has 1 aromatic heterocycles. The fraction of sp³-hybridized carbons (Fsp3) is 0.346. The summed E-state index contributed by atoms with van der Waals surface area (Å²) in [5.41, 5.74) is -1.86. The van der Waals surface area contributed by atoms with Gasteiger partial charge in [0.15, 0.2) is 0 Å². The number of fused-ring (bicyclic) bond motifs is 1. The average Bonchev–Trinajstić information content (AvgIpc) is 2.84. The number of ether oxygens (including phenoxy) is 1. The second-order valence-electron chi connectivity index (χ2n) is 8.71. The van der Waals surface area contributed by atoms with Crippen LogP contribution < -0.4 is 10.5 Å². The SMILES string of the molecule is C=C(COC)N(CC)C(=O)N(C)c1cc2c(C(C)C(F)(F)F)nn(-c3c(C)cccc3F)c(=O)c2cc1F. The molecule has 3 aromatic rings. The van der Waals surface area contributed by atoms with E-state index in [1.165, 1.54) is 38.1 Å². The van der Waals surface area contributed by atoms with Gasteiger partial charge in [0, 0.05) is 31.8 Å². The number of benzene rings is 2. The number of urea groups is 1. The van der Waals surface area contributed by atoms with Crippen molar-refractivity contribution in [3.05, 3.63) is 75.9 Å². The summed E-state index contributed by atoms with van der Waals surface area (Å²) in [6.45, 7) is 7.88. The smallest absolute Gasteiger partial charge is 0.378 e. The number of rotatable bonds is 7. The number of aryl methyl sites for hydroxylation is 1. The second-order valence-corrected chi connectivity index (χ2v) is 8.71. The molecular weight excluding hydrogens is 511 g/mol. The van der Waals surface area contributed by atoms with E-state index in [1.54, 1.807) is 6.92 Å². The van der Waals surface area contributed by atoms with Crippen molar-refractivity contribution in [1.82, 2.24) is 14.7 Å². The zero-order valence-electron chi connectivity index (χ0n) is 21.5. The first-order valence-electron chi connectivity index (χ1n) is 11.5. The van der Waals surface area contributed by atoms with Gasteiger partial charge in [-0.15, -0.1) is 0 Å². The number of nitrogens with zero attached hydrogens (tertiary/aromatic N) is 4. The molecule has 2 amide bonds. The van der Waals surface area contributed by atoms with Crippen LogP contribution in [0.4, 0.5) is 32.4 Å². The number of carbonyl (C=O) groups is 1. The number of halogens is 5. The topological polar surface area (TPSA) is 67.7 Å². The number of alkyl halides is 3. The number of anilines is 1. The van der Waals surface area contributed by atoms with Gasteiger partial charge in [-0.2, -0.15) is 23.0 Å². The van der Waals surface area contributed by atoms with Crippen LogP contribution in [0.2, 0.25) is 0 Å². The van der Waals surface area contributed by atoms with Gasteiger partial charge < -0.3 is 4.74 Å².